The first-order valence-electron chi connectivity index (χ1n) is 26.2. The zero-order chi connectivity index (χ0) is 45.2. The van der Waals surface area contributed by atoms with Crippen LogP contribution in [0.2, 0.25) is 0 Å². The van der Waals surface area contributed by atoms with Gasteiger partial charge in [-0.25, -0.2) is 0 Å². The van der Waals surface area contributed by atoms with Gasteiger partial charge in [-0.05, 0) is 38.5 Å². The molecule has 0 saturated heterocycles. The van der Waals surface area contributed by atoms with E-state index in [9.17, 15) is 19.8 Å². The fraction of sp³-hybridized carbons (Fsp3) is 0.750. The van der Waals surface area contributed by atoms with Crippen molar-refractivity contribution in [2.24, 2.45) is 0 Å². The maximum Gasteiger partial charge on any atom is 0.306 e. The van der Waals surface area contributed by atoms with Gasteiger partial charge in [0, 0.05) is 6.42 Å². The van der Waals surface area contributed by atoms with Crippen molar-refractivity contribution in [3.63, 3.8) is 0 Å². The quantitative estimate of drug-likeness (QED) is 0.0322. The molecule has 6 nitrogen and oxygen atoms in total. The maximum atomic E-state index is 13.2. The fourth-order valence-corrected chi connectivity index (χ4v) is 7.76. The van der Waals surface area contributed by atoms with Crippen LogP contribution in [0.3, 0.4) is 0 Å². The zero-order valence-corrected chi connectivity index (χ0v) is 40.7. The Balaban J connectivity index is 4.70. The zero-order valence-electron chi connectivity index (χ0n) is 40.7. The normalized spacial score (nSPS) is 13.8. The highest BCUT2D eigenvalue weighted by molar-refractivity contribution is 5.77. The topological polar surface area (TPSA) is 95.9 Å². The lowest BCUT2D eigenvalue weighted by molar-refractivity contribution is -0.151. The molecule has 3 unspecified atom stereocenters. The molecule has 0 rings (SSSR count). The SMILES string of the molecule is CC\C=C/C=C/C=C/C=C\C=C\C=C\CCCC(CC(=O)NC(CO)C(O)CCCCCCCCCCCCCCC)OC(=O)CCCCCCCCCCCCCCCCC. The summed E-state index contributed by atoms with van der Waals surface area (Å²) in [5.74, 6) is -0.545. The van der Waals surface area contributed by atoms with Crippen LogP contribution in [-0.4, -0.2) is 46.9 Å². The second-order valence-corrected chi connectivity index (χ2v) is 17.7. The van der Waals surface area contributed by atoms with Crippen molar-refractivity contribution in [3.8, 4) is 0 Å². The van der Waals surface area contributed by atoms with E-state index in [0.29, 0.717) is 19.3 Å². The molecule has 0 bridgehead atoms. The van der Waals surface area contributed by atoms with Crippen molar-refractivity contribution in [2.75, 3.05) is 6.61 Å². The number of unbranched alkanes of at least 4 members (excludes halogenated alkanes) is 27. The minimum atomic E-state index is -0.809. The van der Waals surface area contributed by atoms with Crippen LogP contribution in [0.5, 0.6) is 0 Å². The van der Waals surface area contributed by atoms with Gasteiger partial charge in [-0.3, -0.25) is 9.59 Å². The lowest BCUT2D eigenvalue weighted by atomic mass is 10.0. The summed E-state index contributed by atoms with van der Waals surface area (Å²) in [6.07, 6.45) is 62.5. The predicted molar refractivity (Wildman–Crippen MR) is 268 cm³/mol. The third kappa shape index (κ3) is 43.9. The van der Waals surface area contributed by atoms with Gasteiger partial charge in [-0.1, -0.05) is 267 Å². The molecule has 3 N–H and O–H groups in total. The van der Waals surface area contributed by atoms with E-state index in [1.807, 2.05) is 60.8 Å². The number of hydrogen-bond acceptors (Lipinski definition) is 5. The first-order valence-corrected chi connectivity index (χ1v) is 26.2. The number of hydrogen-bond donors (Lipinski definition) is 3. The summed E-state index contributed by atoms with van der Waals surface area (Å²) in [6, 6.07) is -0.727. The second kappa shape index (κ2) is 49.3. The Labute approximate surface area is 383 Å². The number of nitrogens with one attached hydrogen (secondary N) is 1. The van der Waals surface area contributed by atoms with E-state index in [4.69, 9.17) is 4.74 Å². The molecule has 0 heterocycles. The Morgan fingerprint density at radius 2 is 0.871 bits per heavy atom. The van der Waals surface area contributed by atoms with Crippen molar-refractivity contribution in [1.82, 2.24) is 5.32 Å². The number of allylic oxidation sites excluding steroid dienone is 12. The van der Waals surface area contributed by atoms with Crippen LogP contribution in [0.4, 0.5) is 0 Å². The first-order chi connectivity index (χ1) is 30.5. The predicted octanol–water partition coefficient (Wildman–Crippen LogP) is 15.8. The van der Waals surface area contributed by atoms with Gasteiger partial charge in [-0.15, -0.1) is 0 Å². The minimum absolute atomic E-state index is 0.0264. The summed E-state index contributed by atoms with van der Waals surface area (Å²) >= 11 is 0. The fourth-order valence-electron chi connectivity index (χ4n) is 7.76. The number of rotatable bonds is 46. The van der Waals surface area contributed by atoms with Crippen molar-refractivity contribution >= 4 is 11.9 Å². The number of carbonyl (C=O) groups is 2. The number of carbonyl (C=O) groups excluding carboxylic acids is 2. The molecule has 0 aliphatic carbocycles. The number of ether oxygens (including phenoxy) is 1. The summed E-state index contributed by atoms with van der Waals surface area (Å²) in [5, 5.41) is 23.8. The third-order valence-corrected chi connectivity index (χ3v) is 11.7. The molecule has 0 radical (unpaired) electrons. The molecule has 0 fully saturated rings. The molecular weight excluding hydrogens is 767 g/mol. The lowest BCUT2D eigenvalue weighted by Gasteiger charge is -2.24. The molecule has 0 aromatic heterocycles. The van der Waals surface area contributed by atoms with Crippen molar-refractivity contribution in [2.45, 2.75) is 264 Å². The van der Waals surface area contributed by atoms with Crippen molar-refractivity contribution in [1.29, 1.82) is 0 Å². The van der Waals surface area contributed by atoms with E-state index in [2.05, 4.69) is 38.2 Å². The maximum absolute atomic E-state index is 13.2. The van der Waals surface area contributed by atoms with Gasteiger partial charge < -0.3 is 20.3 Å². The van der Waals surface area contributed by atoms with Gasteiger partial charge in [0.2, 0.25) is 5.91 Å². The molecule has 0 spiro atoms. The Morgan fingerprint density at radius 1 is 0.484 bits per heavy atom. The molecular formula is C56H99NO5. The molecule has 62 heavy (non-hydrogen) atoms. The Bertz CT molecular complexity index is 1150. The third-order valence-electron chi connectivity index (χ3n) is 11.7. The van der Waals surface area contributed by atoms with E-state index >= 15 is 0 Å². The summed E-state index contributed by atoms with van der Waals surface area (Å²) in [6.45, 7) is 6.32. The monoisotopic (exact) mass is 866 g/mol. The molecule has 358 valence electrons. The highest BCUT2D eigenvalue weighted by Crippen LogP contribution is 2.17. The van der Waals surface area contributed by atoms with Gasteiger partial charge in [0.05, 0.1) is 25.2 Å². The summed E-state index contributed by atoms with van der Waals surface area (Å²) in [7, 11) is 0. The molecule has 6 heteroatoms. The highest BCUT2D eigenvalue weighted by Gasteiger charge is 2.24. The minimum Gasteiger partial charge on any atom is -0.462 e. The number of amides is 1. The van der Waals surface area contributed by atoms with Crippen LogP contribution in [0.1, 0.15) is 245 Å². The Hall–Kier alpha value is -2.70. The molecule has 0 aromatic rings. The molecule has 0 saturated carbocycles. The van der Waals surface area contributed by atoms with Crippen molar-refractivity contribution in [3.05, 3.63) is 72.9 Å². The first kappa shape index (κ1) is 59.3. The van der Waals surface area contributed by atoms with Gasteiger partial charge in [0.1, 0.15) is 6.10 Å². The van der Waals surface area contributed by atoms with E-state index in [0.717, 1.165) is 57.8 Å². The van der Waals surface area contributed by atoms with E-state index in [1.54, 1.807) is 0 Å². The molecule has 0 aliphatic rings. The Morgan fingerprint density at radius 3 is 1.29 bits per heavy atom. The van der Waals surface area contributed by atoms with E-state index in [-0.39, 0.29) is 24.9 Å². The van der Waals surface area contributed by atoms with Gasteiger partial charge in [0.25, 0.3) is 0 Å². The standard InChI is InChI=1S/C56H99NO5/c1-4-7-10-13-16-19-22-25-27-30-32-35-38-41-44-47-52(62-56(61)49-46-43-40-37-34-31-28-26-23-20-17-14-11-8-5-2)50-55(60)57-53(51-58)54(59)48-45-42-39-36-33-29-24-21-18-15-12-9-6-3/h7,10,13,16,19,22,25,27,30,32,35,38,52-54,58-59H,4-6,8-9,11-12,14-15,17-18,20-21,23-24,26,28-29,31,33-34,36-37,39-51H2,1-3H3,(H,57,60)/b10-7-,16-13+,22-19+,27-25-,32-30+,38-35+. The van der Waals surface area contributed by atoms with Gasteiger partial charge in [-0.2, -0.15) is 0 Å². The van der Waals surface area contributed by atoms with E-state index in [1.165, 1.54) is 141 Å². The van der Waals surface area contributed by atoms with Crippen LogP contribution in [-0.2, 0) is 14.3 Å². The largest absolute Gasteiger partial charge is 0.462 e. The van der Waals surface area contributed by atoms with Crippen LogP contribution < -0.4 is 5.32 Å². The van der Waals surface area contributed by atoms with Crippen LogP contribution >= 0.6 is 0 Å². The number of aliphatic hydroxyl groups is 2. The molecule has 3 atom stereocenters. The second-order valence-electron chi connectivity index (χ2n) is 17.7. The van der Waals surface area contributed by atoms with E-state index < -0.39 is 18.2 Å². The van der Waals surface area contributed by atoms with Crippen molar-refractivity contribution < 1.29 is 24.5 Å². The van der Waals surface area contributed by atoms with Gasteiger partial charge >= 0.3 is 5.97 Å². The molecule has 0 aromatic carbocycles. The number of aliphatic hydroxyl groups excluding tert-OH is 2. The average molecular weight is 866 g/mol. The number of esters is 1. The van der Waals surface area contributed by atoms with Gasteiger partial charge in [0.15, 0.2) is 0 Å². The molecule has 1 amide bonds. The Kier molecular flexibility index (Phi) is 47.2. The highest BCUT2D eigenvalue weighted by atomic mass is 16.5. The average Bonchev–Trinajstić information content (AvgIpc) is 3.26. The summed E-state index contributed by atoms with van der Waals surface area (Å²) < 4.78 is 5.90. The lowest BCUT2D eigenvalue weighted by Crippen LogP contribution is -2.46. The molecule has 0 aliphatic heterocycles. The van der Waals surface area contributed by atoms with Crippen LogP contribution in [0, 0.1) is 0 Å². The van der Waals surface area contributed by atoms with Crippen LogP contribution in [0.25, 0.3) is 0 Å². The van der Waals surface area contributed by atoms with Crippen LogP contribution in [0.15, 0.2) is 72.9 Å². The summed E-state index contributed by atoms with van der Waals surface area (Å²) in [4.78, 5) is 26.1. The smallest absolute Gasteiger partial charge is 0.306 e. The summed E-state index contributed by atoms with van der Waals surface area (Å²) in [5.41, 5.74) is 0.